The number of aromatic nitrogens is 3. The maximum Gasteiger partial charge on any atom is 0.191 e. The van der Waals surface area contributed by atoms with Gasteiger partial charge in [0, 0.05) is 18.5 Å². The lowest BCUT2D eigenvalue weighted by Gasteiger charge is -2.08. The Hall–Kier alpha value is -2.80. The summed E-state index contributed by atoms with van der Waals surface area (Å²) in [5, 5.41) is 9.47. The first kappa shape index (κ1) is 21.9. The highest BCUT2D eigenvalue weighted by Crippen LogP contribution is 2.21. The predicted octanol–water partition coefficient (Wildman–Crippen LogP) is 4.47. The zero-order valence-corrected chi connectivity index (χ0v) is 18.4. The topological polar surface area (TPSA) is 66.2 Å². The van der Waals surface area contributed by atoms with Crippen LogP contribution in [0.3, 0.4) is 0 Å². The van der Waals surface area contributed by atoms with Crippen molar-refractivity contribution in [3.8, 4) is 11.5 Å². The molecule has 1 aromatic heterocycles. The molecule has 0 aliphatic carbocycles. The van der Waals surface area contributed by atoms with Gasteiger partial charge in [-0.3, -0.25) is 4.79 Å². The minimum Gasteiger partial charge on any atom is -0.497 e. The molecule has 30 heavy (non-hydrogen) atoms. The van der Waals surface area contributed by atoms with Crippen LogP contribution in [0.5, 0.6) is 11.5 Å². The highest BCUT2D eigenvalue weighted by atomic mass is 32.2. The van der Waals surface area contributed by atoms with E-state index in [4.69, 9.17) is 9.47 Å². The Kier molecular flexibility index (Phi) is 7.90. The van der Waals surface area contributed by atoms with Gasteiger partial charge in [0.05, 0.1) is 20.0 Å². The number of hydrogen-bond donors (Lipinski definition) is 0. The van der Waals surface area contributed by atoms with E-state index in [0.29, 0.717) is 11.3 Å². The van der Waals surface area contributed by atoms with Gasteiger partial charge in [-0.1, -0.05) is 23.9 Å². The van der Waals surface area contributed by atoms with Gasteiger partial charge in [-0.05, 0) is 61.7 Å². The molecule has 2 aromatic carbocycles. The maximum atomic E-state index is 12.5. The van der Waals surface area contributed by atoms with Gasteiger partial charge < -0.3 is 14.0 Å². The molecule has 0 bridgehead atoms. The van der Waals surface area contributed by atoms with E-state index >= 15 is 0 Å². The highest BCUT2D eigenvalue weighted by Gasteiger charge is 2.14. The molecule has 7 heteroatoms. The van der Waals surface area contributed by atoms with Crippen molar-refractivity contribution in [1.29, 1.82) is 0 Å². The van der Waals surface area contributed by atoms with Gasteiger partial charge >= 0.3 is 0 Å². The van der Waals surface area contributed by atoms with Crippen LogP contribution in [0.4, 0.5) is 0 Å². The van der Waals surface area contributed by atoms with Crippen LogP contribution in [0, 0.1) is 0 Å². The average Bonchev–Trinajstić information content (AvgIpc) is 3.19. The first-order valence-corrected chi connectivity index (χ1v) is 11.0. The fourth-order valence-corrected chi connectivity index (χ4v) is 4.08. The van der Waals surface area contributed by atoms with Crippen LogP contribution < -0.4 is 9.47 Å². The molecule has 0 fully saturated rings. The van der Waals surface area contributed by atoms with Crippen molar-refractivity contribution in [1.82, 2.24) is 14.8 Å². The summed E-state index contributed by atoms with van der Waals surface area (Å²) in [7, 11) is 3.28. The van der Waals surface area contributed by atoms with E-state index < -0.39 is 0 Å². The third-order valence-electron chi connectivity index (χ3n) is 4.88. The molecule has 0 atom stereocenters. The number of aryl methyl sites for hydroxylation is 2. The molecule has 0 saturated heterocycles. The second-order valence-corrected chi connectivity index (χ2v) is 7.73. The van der Waals surface area contributed by atoms with Crippen LogP contribution in [-0.4, -0.2) is 40.5 Å². The number of ether oxygens (including phenoxy) is 2. The van der Waals surface area contributed by atoms with Gasteiger partial charge in [0.1, 0.15) is 17.3 Å². The number of methoxy groups -OCH3 is 2. The van der Waals surface area contributed by atoms with E-state index in [-0.39, 0.29) is 5.78 Å². The Labute approximate surface area is 181 Å². The van der Waals surface area contributed by atoms with Gasteiger partial charge in [-0.2, -0.15) is 0 Å². The lowest BCUT2D eigenvalue weighted by Crippen LogP contribution is -2.07. The molecular formula is C23H27N3O3S. The Bertz CT molecular complexity index is 953. The highest BCUT2D eigenvalue weighted by molar-refractivity contribution is 7.99. The van der Waals surface area contributed by atoms with Gasteiger partial charge in [0.15, 0.2) is 10.9 Å². The van der Waals surface area contributed by atoms with Crippen molar-refractivity contribution < 1.29 is 14.3 Å². The van der Waals surface area contributed by atoms with Crippen LogP contribution in [-0.2, 0) is 19.4 Å². The smallest absolute Gasteiger partial charge is 0.191 e. The number of hydrogen-bond acceptors (Lipinski definition) is 6. The standard InChI is InChI=1S/C23H27N3O3S/c1-4-26-22(7-5-6-17-8-12-19(28-2)13-9-17)24-25-23(26)30-16-21(27)18-10-14-20(29-3)15-11-18/h8-15H,4-7,16H2,1-3H3. The lowest BCUT2D eigenvalue weighted by molar-refractivity contribution is 0.102. The van der Waals surface area contributed by atoms with Crippen molar-refractivity contribution in [2.75, 3.05) is 20.0 Å². The second kappa shape index (κ2) is 10.8. The number of carbonyl (C=O) groups is 1. The fourth-order valence-electron chi connectivity index (χ4n) is 3.16. The van der Waals surface area contributed by atoms with E-state index in [1.807, 2.05) is 12.1 Å². The predicted molar refractivity (Wildman–Crippen MR) is 119 cm³/mol. The molecule has 0 amide bonds. The zero-order valence-electron chi connectivity index (χ0n) is 17.6. The summed E-state index contributed by atoms with van der Waals surface area (Å²) in [6, 6.07) is 15.3. The van der Waals surface area contributed by atoms with Crippen molar-refractivity contribution >= 4 is 17.5 Å². The monoisotopic (exact) mass is 425 g/mol. The maximum absolute atomic E-state index is 12.5. The first-order valence-electron chi connectivity index (χ1n) is 9.99. The number of benzene rings is 2. The number of Topliss-reactive ketones (excluding diaryl/α,β-unsaturated/α-hetero) is 1. The summed E-state index contributed by atoms with van der Waals surface area (Å²) in [5.74, 6) is 2.97. The molecule has 0 unspecified atom stereocenters. The van der Waals surface area contributed by atoms with E-state index in [9.17, 15) is 4.79 Å². The van der Waals surface area contributed by atoms with Crippen LogP contribution >= 0.6 is 11.8 Å². The Morgan fingerprint density at radius 2 is 1.57 bits per heavy atom. The van der Waals surface area contributed by atoms with Crippen LogP contribution in [0.25, 0.3) is 0 Å². The molecule has 0 radical (unpaired) electrons. The van der Waals surface area contributed by atoms with Gasteiger partial charge in [0.2, 0.25) is 0 Å². The summed E-state index contributed by atoms with van der Waals surface area (Å²) >= 11 is 1.43. The third kappa shape index (κ3) is 5.63. The van der Waals surface area contributed by atoms with Gasteiger partial charge in [0.25, 0.3) is 0 Å². The summed E-state index contributed by atoms with van der Waals surface area (Å²) in [6.07, 6.45) is 2.80. The van der Waals surface area contributed by atoms with E-state index in [1.54, 1.807) is 38.5 Å². The number of nitrogens with zero attached hydrogens (tertiary/aromatic N) is 3. The number of carbonyl (C=O) groups excluding carboxylic acids is 1. The largest absolute Gasteiger partial charge is 0.497 e. The molecule has 3 rings (SSSR count). The molecule has 0 aliphatic rings. The SMILES string of the molecule is CCn1c(CCCc2ccc(OC)cc2)nnc1SCC(=O)c1ccc(OC)cc1. The molecule has 0 N–H and O–H groups in total. The molecule has 6 nitrogen and oxygen atoms in total. The normalized spacial score (nSPS) is 10.8. The molecule has 0 saturated carbocycles. The van der Waals surface area contributed by atoms with Crippen LogP contribution in [0.1, 0.15) is 35.1 Å². The van der Waals surface area contributed by atoms with Crippen molar-refractivity contribution in [3.05, 3.63) is 65.5 Å². The minimum absolute atomic E-state index is 0.0642. The van der Waals surface area contributed by atoms with E-state index in [1.165, 1.54) is 17.3 Å². The Morgan fingerprint density at radius 1 is 0.933 bits per heavy atom. The Balaban J connectivity index is 1.54. The first-order chi connectivity index (χ1) is 14.6. The fraction of sp³-hybridized carbons (Fsp3) is 0.348. The lowest BCUT2D eigenvalue weighted by atomic mass is 10.1. The number of ketones is 1. The molecule has 158 valence electrons. The number of rotatable bonds is 11. The molecule has 0 aliphatic heterocycles. The van der Waals surface area contributed by atoms with Crippen molar-refractivity contribution in [2.45, 2.75) is 37.9 Å². The number of thioether (sulfide) groups is 1. The van der Waals surface area contributed by atoms with Crippen molar-refractivity contribution in [2.24, 2.45) is 0 Å². The summed E-state index contributed by atoms with van der Waals surface area (Å²) < 4.78 is 12.4. The summed E-state index contributed by atoms with van der Waals surface area (Å²) in [6.45, 7) is 2.86. The summed E-state index contributed by atoms with van der Waals surface area (Å²) in [4.78, 5) is 12.5. The Morgan fingerprint density at radius 3 is 2.17 bits per heavy atom. The molecule has 3 aromatic rings. The van der Waals surface area contributed by atoms with E-state index in [2.05, 4.69) is 33.8 Å². The quantitative estimate of drug-likeness (QED) is 0.334. The van der Waals surface area contributed by atoms with Crippen LogP contribution in [0.15, 0.2) is 53.7 Å². The minimum atomic E-state index is 0.0642. The molecular weight excluding hydrogens is 398 g/mol. The van der Waals surface area contributed by atoms with Gasteiger partial charge in [-0.15, -0.1) is 10.2 Å². The van der Waals surface area contributed by atoms with Crippen LogP contribution in [0.2, 0.25) is 0 Å². The summed E-state index contributed by atoms with van der Waals surface area (Å²) in [5.41, 5.74) is 1.95. The molecule has 0 spiro atoms. The van der Waals surface area contributed by atoms with Gasteiger partial charge in [-0.25, -0.2) is 0 Å². The van der Waals surface area contributed by atoms with Crippen molar-refractivity contribution in [3.63, 3.8) is 0 Å². The zero-order chi connectivity index (χ0) is 21.3. The second-order valence-electron chi connectivity index (χ2n) is 6.79. The average molecular weight is 426 g/mol. The molecule has 1 heterocycles. The third-order valence-corrected chi connectivity index (χ3v) is 5.85. The van der Waals surface area contributed by atoms with E-state index in [0.717, 1.165) is 48.3 Å².